The molecule has 0 nitrogen and oxygen atoms in total. The van der Waals surface area contributed by atoms with Gasteiger partial charge in [-0.3, -0.25) is 0 Å². The molecule has 0 radical (unpaired) electrons. The van der Waals surface area contributed by atoms with Gasteiger partial charge >= 0.3 is 0 Å². The molecule has 1 spiro atoms. The Morgan fingerprint density at radius 1 is 0.311 bits per heavy atom. The van der Waals surface area contributed by atoms with Gasteiger partial charge in [0, 0.05) is 0 Å². The summed E-state index contributed by atoms with van der Waals surface area (Å²) >= 11 is 0. The van der Waals surface area contributed by atoms with Crippen LogP contribution in [0.5, 0.6) is 0 Å². The van der Waals surface area contributed by atoms with Crippen LogP contribution in [-0.4, -0.2) is 0 Å². The molecule has 0 saturated carbocycles. The fourth-order valence-electron chi connectivity index (χ4n) is 9.14. The van der Waals surface area contributed by atoms with Gasteiger partial charge in [-0.05, 0) is 112 Å². The van der Waals surface area contributed by atoms with Gasteiger partial charge in [-0.25, -0.2) is 0 Å². The summed E-state index contributed by atoms with van der Waals surface area (Å²) in [6.45, 7) is 0. The van der Waals surface area contributed by atoms with Crippen LogP contribution in [0.15, 0.2) is 158 Å². The number of hydrogen-bond donors (Lipinski definition) is 0. The van der Waals surface area contributed by atoms with Gasteiger partial charge in [-0.1, -0.05) is 146 Å². The second-order valence-corrected chi connectivity index (χ2v) is 12.7. The van der Waals surface area contributed by atoms with E-state index >= 15 is 0 Å². The molecule has 0 bridgehead atoms. The Kier molecular flexibility index (Phi) is 4.35. The summed E-state index contributed by atoms with van der Waals surface area (Å²) in [7, 11) is 0. The zero-order valence-corrected chi connectivity index (χ0v) is 24.5. The van der Waals surface area contributed by atoms with Crippen molar-refractivity contribution < 1.29 is 0 Å². The number of rotatable bonds is 1. The van der Waals surface area contributed by atoms with Crippen LogP contribution in [-0.2, 0) is 5.41 Å². The van der Waals surface area contributed by atoms with Crippen LogP contribution in [0, 0.1) is 0 Å². The molecule has 0 amide bonds. The standard InChI is InChI=1S/C45H26/c1-2-13-29-27(11-1)12-9-17-30(29)28-23-24-31-37(25-28)34-18-10-19-36-43(34)38(31)26-42-44(36)35-16-5-8-22-41(35)45(42)39-20-6-3-14-32(39)33-15-4-7-21-40(33)45/h1-26H. The Morgan fingerprint density at radius 3 is 1.69 bits per heavy atom. The summed E-state index contributed by atoms with van der Waals surface area (Å²) in [4.78, 5) is 0. The second-order valence-electron chi connectivity index (χ2n) is 12.7. The van der Waals surface area contributed by atoms with Gasteiger partial charge in [0.15, 0.2) is 0 Å². The predicted octanol–water partition coefficient (Wildman–Crippen LogP) is 11.7. The van der Waals surface area contributed by atoms with Crippen LogP contribution in [0.3, 0.4) is 0 Å². The molecule has 0 saturated heterocycles. The van der Waals surface area contributed by atoms with Gasteiger partial charge in [0.25, 0.3) is 0 Å². The highest BCUT2D eigenvalue weighted by Crippen LogP contribution is 2.65. The number of benzene rings is 8. The summed E-state index contributed by atoms with van der Waals surface area (Å²) in [6.07, 6.45) is 0. The molecular formula is C45H26. The van der Waals surface area contributed by atoms with Crippen molar-refractivity contribution in [3.8, 4) is 55.6 Å². The Hall–Kier alpha value is -5.72. The van der Waals surface area contributed by atoms with E-state index in [0.29, 0.717) is 0 Å². The van der Waals surface area contributed by atoms with Crippen LogP contribution >= 0.6 is 0 Å². The van der Waals surface area contributed by atoms with Gasteiger partial charge in [0.2, 0.25) is 0 Å². The number of hydrogen-bond acceptors (Lipinski definition) is 0. The Morgan fingerprint density at radius 2 is 0.889 bits per heavy atom. The summed E-state index contributed by atoms with van der Waals surface area (Å²) < 4.78 is 0. The third kappa shape index (κ3) is 2.75. The molecule has 11 rings (SSSR count). The lowest BCUT2D eigenvalue weighted by atomic mass is 9.70. The van der Waals surface area contributed by atoms with Crippen molar-refractivity contribution in [3.63, 3.8) is 0 Å². The lowest BCUT2D eigenvalue weighted by Gasteiger charge is -2.30. The maximum atomic E-state index is 2.56. The molecule has 0 atom stereocenters. The molecule has 0 heteroatoms. The molecule has 3 aliphatic rings. The summed E-state index contributed by atoms with van der Waals surface area (Å²) in [6, 6.07) is 59.3. The van der Waals surface area contributed by atoms with E-state index in [2.05, 4.69) is 158 Å². The van der Waals surface area contributed by atoms with Crippen molar-refractivity contribution in [2.45, 2.75) is 5.41 Å². The normalized spacial score (nSPS) is 14.0. The quantitative estimate of drug-likeness (QED) is 0.185. The molecule has 3 aliphatic carbocycles. The first kappa shape index (κ1) is 23.7. The third-order valence-corrected chi connectivity index (χ3v) is 10.8. The van der Waals surface area contributed by atoms with Gasteiger partial charge in [-0.2, -0.15) is 0 Å². The van der Waals surface area contributed by atoms with Gasteiger partial charge < -0.3 is 0 Å². The fraction of sp³-hybridized carbons (Fsp3) is 0.0222. The van der Waals surface area contributed by atoms with Crippen LogP contribution in [0.4, 0.5) is 0 Å². The van der Waals surface area contributed by atoms with Crippen molar-refractivity contribution in [1.29, 1.82) is 0 Å². The molecule has 0 aliphatic heterocycles. The highest BCUT2D eigenvalue weighted by atomic mass is 14.5. The molecule has 0 N–H and O–H groups in total. The van der Waals surface area contributed by atoms with Crippen LogP contribution in [0.25, 0.3) is 77.2 Å². The molecular weight excluding hydrogens is 540 g/mol. The third-order valence-electron chi connectivity index (χ3n) is 10.8. The van der Waals surface area contributed by atoms with Gasteiger partial charge in [0.05, 0.1) is 5.41 Å². The average Bonchev–Trinajstić information content (AvgIpc) is 3.71. The van der Waals surface area contributed by atoms with E-state index in [1.165, 1.54) is 99.4 Å². The van der Waals surface area contributed by atoms with Crippen molar-refractivity contribution in [2.24, 2.45) is 0 Å². The molecule has 0 unspecified atom stereocenters. The highest BCUT2D eigenvalue weighted by molar-refractivity contribution is 6.21. The van der Waals surface area contributed by atoms with E-state index < -0.39 is 0 Å². The zero-order valence-electron chi connectivity index (χ0n) is 24.5. The second kappa shape index (κ2) is 8.25. The van der Waals surface area contributed by atoms with Crippen molar-refractivity contribution in [3.05, 3.63) is 180 Å². The first-order valence-electron chi connectivity index (χ1n) is 15.9. The van der Waals surface area contributed by atoms with Crippen LogP contribution in [0.1, 0.15) is 22.3 Å². The molecule has 8 aromatic carbocycles. The molecule has 0 fully saturated rings. The topological polar surface area (TPSA) is 0 Å². The van der Waals surface area contributed by atoms with Gasteiger partial charge in [0.1, 0.15) is 0 Å². The van der Waals surface area contributed by atoms with E-state index in [4.69, 9.17) is 0 Å². The van der Waals surface area contributed by atoms with E-state index in [9.17, 15) is 0 Å². The maximum absolute atomic E-state index is 2.56. The van der Waals surface area contributed by atoms with Gasteiger partial charge in [-0.15, -0.1) is 0 Å². The predicted molar refractivity (Wildman–Crippen MR) is 188 cm³/mol. The summed E-state index contributed by atoms with van der Waals surface area (Å²) in [5.41, 5.74) is 18.6. The molecule has 8 aromatic rings. The Labute approximate surface area is 261 Å². The van der Waals surface area contributed by atoms with Crippen molar-refractivity contribution >= 4 is 21.5 Å². The van der Waals surface area contributed by atoms with Crippen molar-refractivity contribution in [2.75, 3.05) is 0 Å². The fourth-order valence-corrected chi connectivity index (χ4v) is 9.14. The minimum Gasteiger partial charge on any atom is -0.0619 e. The van der Waals surface area contributed by atoms with E-state index in [1.54, 1.807) is 0 Å². The lowest BCUT2D eigenvalue weighted by molar-refractivity contribution is 0.795. The minimum atomic E-state index is -0.342. The Balaban J connectivity index is 1.24. The minimum absolute atomic E-state index is 0.342. The van der Waals surface area contributed by atoms with E-state index in [-0.39, 0.29) is 5.41 Å². The summed E-state index contributed by atoms with van der Waals surface area (Å²) in [5.74, 6) is 0. The zero-order chi connectivity index (χ0) is 29.3. The first-order chi connectivity index (χ1) is 22.3. The highest BCUT2D eigenvalue weighted by Gasteiger charge is 2.52. The average molecular weight is 567 g/mol. The largest absolute Gasteiger partial charge is 0.0725 e. The Bertz CT molecular complexity index is 2550. The van der Waals surface area contributed by atoms with Crippen LogP contribution < -0.4 is 0 Å². The van der Waals surface area contributed by atoms with E-state index in [1.807, 2.05) is 0 Å². The SMILES string of the molecule is c1ccc2c(c1)-c1ccccc1C21c2ccccc2-c2c1cc1c3c(cccc23)-c2cc(-c3cccc4ccccc34)ccc2-1. The smallest absolute Gasteiger partial charge is 0.0619 e. The maximum Gasteiger partial charge on any atom is 0.0725 e. The van der Waals surface area contributed by atoms with Crippen LogP contribution in [0.2, 0.25) is 0 Å². The molecule has 45 heavy (non-hydrogen) atoms. The molecule has 0 heterocycles. The van der Waals surface area contributed by atoms with Crippen molar-refractivity contribution in [1.82, 2.24) is 0 Å². The molecule has 0 aromatic heterocycles. The van der Waals surface area contributed by atoms with E-state index in [0.717, 1.165) is 0 Å². The summed E-state index contributed by atoms with van der Waals surface area (Å²) in [5, 5.41) is 5.31. The monoisotopic (exact) mass is 566 g/mol. The first-order valence-corrected chi connectivity index (χ1v) is 15.9. The molecule has 206 valence electrons. The lowest BCUT2D eigenvalue weighted by Crippen LogP contribution is -2.25. The number of fused-ring (bicyclic) bond motifs is 15.